The highest BCUT2D eigenvalue weighted by molar-refractivity contribution is 5.86. The van der Waals surface area contributed by atoms with Crippen LogP contribution in [0.1, 0.15) is 11.1 Å². The maximum absolute atomic E-state index is 12.1. The summed E-state index contributed by atoms with van der Waals surface area (Å²) in [4.78, 5) is 22.1. The molecule has 4 rings (SSSR count). The van der Waals surface area contributed by atoms with Gasteiger partial charge in [-0.15, -0.1) is 4.73 Å². The van der Waals surface area contributed by atoms with Crippen LogP contribution in [-0.4, -0.2) is 34.0 Å². The molecule has 0 unspecified atom stereocenters. The number of nitrogens with one attached hydrogen (secondary N) is 1. The lowest BCUT2D eigenvalue weighted by Gasteiger charge is -2.20. The van der Waals surface area contributed by atoms with Crippen LogP contribution in [0.2, 0.25) is 0 Å². The van der Waals surface area contributed by atoms with Crippen LogP contribution in [0, 0.1) is 0 Å². The highest BCUT2D eigenvalue weighted by Gasteiger charge is 2.14. The Balaban J connectivity index is 1.65. The smallest absolute Gasteiger partial charge is 0.384 e. The molecule has 30 heavy (non-hydrogen) atoms. The fourth-order valence-electron chi connectivity index (χ4n) is 3.58. The Bertz CT molecular complexity index is 1250. The summed E-state index contributed by atoms with van der Waals surface area (Å²) in [5, 5.41) is 13.7. The molecule has 0 bridgehead atoms. The zero-order chi connectivity index (χ0) is 21.1. The summed E-state index contributed by atoms with van der Waals surface area (Å²) in [5.41, 5.74) is 4.03. The maximum Gasteiger partial charge on any atom is 0.384 e. The quantitative estimate of drug-likeness (QED) is 0.483. The number of pyridine rings is 1. The summed E-state index contributed by atoms with van der Waals surface area (Å²) < 4.78 is 0.478. The van der Waals surface area contributed by atoms with E-state index >= 15 is 0 Å². The van der Waals surface area contributed by atoms with Crippen molar-refractivity contribution in [3.63, 3.8) is 0 Å². The van der Waals surface area contributed by atoms with E-state index in [-0.39, 0.29) is 5.65 Å². The molecule has 0 spiro atoms. The molecule has 4 aromatic rings. The van der Waals surface area contributed by atoms with Gasteiger partial charge in [-0.2, -0.15) is 4.98 Å². The van der Waals surface area contributed by atoms with E-state index in [1.807, 2.05) is 31.1 Å². The van der Waals surface area contributed by atoms with Crippen molar-refractivity contribution in [2.45, 2.75) is 13.1 Å². The van der Waals surface area contributed by atoms with Gasteiger partial charge in [0.05, 0.1) is 5.39 Å². The number of rotatable bonds is 6. The van der Waals surface area contributed by atoms with Gasteiger partial charge in [0.2, 0.25) is 0 Å². The van der Waals surface area contributed by atoms with E-state index in [2.05, 4.69) is 51.7 Å². The number of aromatic nitrogens is 3. The zero-order valence-corrected chi connectivity index (χ0v) is 16.9. The lowest BCUT2D eigenvalue weighted by molar-refractivity contribution is 0.182. The van der Waals surface area contributed by atoms with Gasteiger partial charge in [0, 0.05) is 26.3 Å². The largest absolute Gasteiger partial charge is 0.422 e. The normalized spacial score (nSPS) is 11.0. The molecule has 0 amide bonds. The number of anilines is 1. The predicted molar refractivity (Wildman–Crippen MR) is 118 cm³/mol. The Kier molecular flexibility index (Phi) is 5.45. The lowest BCUT2D eigenvalue weighted by atomic mass is 10.0. The van der Waals surface area contributed by atoms with Crippen molar-refractivity contribution in [3.05, 3.63) is 88.5 Å². The van der Waals surface area contributed by atoms with E-state index in [9.17, 15) is 10.0 Å². The maximum atomic E-state index is 12.1. The van der Waals surface area contributed by atoms with Crippen molar-refractivity contribution in [2.75, 3.05) is 19.0 Å². The number of fused-ring (bicyclic) bond motifs is 1. The van der Waals surface area contributed by atoms with Crippen LogP contribution < -0.4 is 15.9 Å². The van der Waals surface area contributed by atoms with Crippen LogP contribution in [0.3, 0.4) is 0 Å². The summed E-state index contributed by atoms with van der Waals surface area (Å²) in [7, 11) is 3.81. The fraction of sp³-hybridized carbons (Fsp3) is 0.174. The lowest BCUT2D eigenvalue weighted by Crippen LogP contribution is -2.27. The van der Waals surface area contributed by atoms with Crippen LogP contribution >= 0.6 is 0 Å². The third-order valence-electron chi connectivity index (χ3n) is 4.96. The van der Waals surface area contributed by atoms with Gasteiger partial charge in [-0.25, -0.2) is 9.78 Å². The summed E-state index contributed by atoms with van der Waals surface area (Å²) in [5.74, 6) is 0.481. The van der Waals surface area contributed by atoms with Crippen molar-refractivity contribution in [2.24, 2.45) is 0 Å². The SMILES string of the molecule is CNCc1cccc(-c2cccc(CN(C)c3nc(=O)n(O)c4ncccc34)c2)c1. The highest BCUT2D eigenvalue weighted by Crippen LogP contribution is 2.25. The van der Waals surface area contributed by atoms with E-state index in [0.717, 1.165) is 23.2 Å². The summed E-state index contributed by atoms with van der Waals surface area (Å²) in [6.45, 7) is 1.37. The summed E-state index contributed by atoms with van der Waals surface area (Å²) >= 11 is 0. The van der Waals surface area contributed by atoms with Crippen LogP contribution in [0.5, 0.6) is 0 Å². The topological polar surface area (TPSA) is 83.3 Å². The summed E-state index contributed by atoms with van der Waals surface area (Å²) in [6, 6.07) is 20.3. The molecule has 0 radical (unpaired) electrons. The minimum absolute atomic E-state index is 0.189. The second-order valence-electron chi connectivity index (χ2n) is 7.19. The van der Waals surface area contributed by atoms with Crippen LogP contribution in [0.25, 0.3) is 22.2 Å². The van der Waals surface area contributed by atoms with Gasteiger partial charge in [0.25, 0.3) is 0 Å². The predicted octanol–water partition coefficient (Wildman–Crippen LogP) is 3.05. The Labute approximate surface area is 174 Å². The van der Waals surface area contributed by atoms with Crippen LogP contribution in [0.4, 0.5) is 5.82 Å². The van der Waals surface area contributed by atoms with Crippen molar-refractivity contribution in [1.82, 2.24) is 20.0 Å². The van der Waals surface area contributed by atoms with E-state index < -0.39 is 5.69 Å². The molecule has 2 N–H and O–H groups in total. The molecule has 2 heterocycles. The van der Waals surface area contributed by atoms with Crippen molar-refractivity contribution in [3.8, 4) is 11.1 Å². The van der Waals surface area contributed by atoms with Gasteiger partial charge >= 0.3 is 5.69 Å². The van der Waals surface area contributed by atoms with Gasteiger partial charge in [-0.1, -0.05) is 36.4 Å². The number of nitrogens with zero attached hydrogens (tertiary/aromatic N) is 4. The first-order valence-corrected chi connectivity index (χ1v) is 9.68. The molecule has 0 aliphatic carbocycles. The Morgan fingerprint density at radius 1 is 1.03 bits per heavy atom. The van der Waals surface area contributed by atoms with Crippen molar-refractivity contribution in [1.29, 1.82) is 0 Å². The molecule has 0 aliphatic rings. The molecule has 152 valence electrons. The molecule has 7 nitrogen and oxygen atoms in total. The molecule has 0 fully saturated rings. The molecule has 2 aromatic carbocycles. The van der Waals surface area contributed by atoms with Crippen LogP contribution in [0.15, 0.2) is 71.7 Å². The van der Waals surface area contributed by atoms with E-state index in [1.54, 1.807) is 12.1 Å². The second kappa shape index (κ2) is 8.34. The fourth-order valence-corrected chi connectivity index (χ4v) is 3.58. The first-order chi connectivity index (χ1) is 14.6. The highest BCUT2D eigenvalue weighted by atomic mass is 16.5. The molecule has 0 saturated carbocycles. The van der Waals surface area contributed by atoms with Gasteiger partial charge < -0.3 is 15.4 Å². The number of benzene rings is 2. The Morgan fingerprint density at radius 2 is 1.73 bits per heavy atom. The third kappa shape index (κ3) is 3.88. The molecule has 0 saturated heterocycles. The van der Waals surface area contributed by atoms with E-state index in [4.69, 9.17) is 0 Å². The average Bonchev–Trinajstić information content (AvgIpc) is 2.77. The average molecular weight is 401 g/mol. The Morgan fingerprint density at radius 3 is 2.47 bits per heavy atom. The molecule has 0 atom stereocenters. The van der Waals surface area contributed by atoms with Gasteiger partial charge in [-0.3, -0.25) is 0 Å². The van der Waals surface area contributed by atoms with Crippen molar-refractivity contribution < 1.29 is 5.21 Å². The molecular weight excluding hydrogens is 378 g/mol. The van der Waals surface area contributed by atoms with Gasteiger partial charge in [0.1, 0.15) is 5.82 Å². The first kappa shape index (κ1) is 19.6. The third-order valence-corrected chi connectivity index (χ3v) is 4.96. The standard InChI is InChI=1S/C23H23N5O2/c1-24-14-16-6-3-8-18(12-16)19-9-4-7-17(13-19)15-27(2)22-20-10-5-11-25-21(20)28(30)23(29)26-22/h3-13,24,30H,14-15H2,1-2H3. The van der Waals surface area contributed by atoms with Gasteiger partial charge in [0.15, 0.2) is 5.65 Å². The summed E-state index contributed by atoms with van der Waals surface area (Å²) in [6.07, 6.45) is 1.53. The molecule has 2 aromatic heterocycles. The molecule has 7 heteroatoms. The van der Waals surface area contributed by atoms with Gasteiger partial charge in [-0.05, 0) is 53.6 Å². The number of hydrogen-bond acceptors (Lipinski definition) is 6. The number of hydrogen-bond donors (Lipinski definition) is 2. The minimum atomic E-state index is -0.752. The Hall–Kier alpha value is -3.71. The van der Waals surface area contributed by atoms with E-state index in [0.29, 0.717) is 22.5 Å². The molecule has 0 aliphatic heterocycles. The van der Waals surface area contributed by atoms with E-state index in [1.165, 1.54) is 11.8 Å². The molecular formula is C23H23N5O2. The zero-order valence-electron chi connectivity index (χ0n) is 16.9. The van der Waals surface area contributed by atoms with Crippen LogP contribution in [-0.2, 0) is 13.1 Å². The minimum Gasteiger partial charge on any atom is -0.422 e. The first-order valence-electron chi connectivity index (χ1n) is 9.68. The second-order valence-corrected chi connectivity index (χ2v) is 7.19. The monoisotopic (exact) mass is 401 g/mol. The van der Waals surface area contributed by atoms with Crippen molar-refractivity contribution >= 4 is 16.9 Å².